The van der Waals surface area contributed by atoms with Crippen molar-refractivity contribution in [3.05, 3.63) is 136 Å². The molecule has 0 heterocycles. The summed E-state index contributed by atoms with van der Waals surface area (Å²) in [4.78, 5) is 2.25. The number of anilines is 3. The smallest absolute Gasteiger partial charge is 0.0832 e. The molecule has 2 saturated carbocycles. The van der Waals surface area contributed by atoms with E-state index in [0.717, 1.165) is 28.9 Å². The Morgan fingerprint density at radius 3 is 2.12 bits per heavy atom. The molecule has 3 atom stereocenters. The Hall–Kier alpha value is -3.52. The molecule has 5 aromatic rings. The van der Waals surface area contributed by atoms with E-state index in [-0.39, 0.29) is 5.41 Å². The van der Waals surface area contributed by atoms with Gasteiger partial charge in [-0.1, -0.05) is 108 Å². The molecule has 0 saturated heterocycles. The molecule has 0 radical (unpaired) electrons. The summed E-state index contributed by atoms with van der Waals surface area (Å²) in [5.41, 5.74) is 11.4. The van der Waals surface area contributed by atoms with Gasteiger partial charge in [-0.15, -0.1) is 0 Å². The van der Waals surface area contributed by atoms with Crippen molar-refractivity contribution in [1.29, 1.82) is 0 Å². The second-order valence-electron chi connectivity index (χ2n) is 11.6. The summed E-state index contributed by atoms with van der Waals surface area (Å²) in [5.74, 6) is 1.60. The molecule has 5 aromatic carbocycles. The van der Waals surface area contributed by atoms with E-state index in [2.05, 4.69) is 102 Å². The molecule has 3 unspecified atom stereocenters. The van der Waals surface area contributed by atoms with Gasteiger partial charge in [0.25, 0.3) is 0 Å². The van der Waals surface area contributed by atoms with Crippen molar-refractivity contribution in [1.82, 2.24) is 0 Å². The van der Waals surface area contributed by atoms with Crippen LogP contribution in [0.15, 0.2) is 115 Å². The minimum absolute atomic E-state index is 0.170. The fraction of sp³-hybridized carbons (Fsp3) is 0.189. The summed E-state index contributed by atoms with van der Waals surface area (Å²) in [6.45, 7) is 0. The molecule has 3 aliphatic carbocycles. The zero-order valence-corrected chi connectivity index (χ0v) is 23.7. The molecule has 0 amide bonds. The third kappa shape index (κ3) is 3.54. The van der Waals surface area contributed by atoms with E-state index in [1.165, 1.54) is 59.1 Å². The first-order chi connectivity index (χ1) is 19.6. The van der Waals surface area contributed by atoms with Crippen molar-refractivity contribution in [2.75, 3.05) is 4.90 Å². The van der Waals surface area contributed by atoms with Crippen LogP contribution in [0.4, 0.5) is 17.1 Å². The fourth-order valence-electron chi connectivity index (χ4n) is 8.05. The number of nitrogens with zero attached hydrogens (tertiary/aromatic N) is 1. The van der Waals surface area contributed by atoms with Gasteiger partial charge in [-0.3, -0.25) is 0 Å². The van der Waals surface area contributed by atoms with Crippen molar-refractivity contribution in [2.45, 2.75) is 31.1 Å². The van der Waals surface area contributed by atoms with Gasteiger partial charge in [0, 0.05) is 16.8 Å². The second kappa shape index (κ2) is 9.26. The van der Waals surface area contributed by atoms with Crippen LogP contribution in [-0.2, 0) is 5.41 Å². The van der Waals surface area contributed by atoms with E-state index < -0.39 is 0 Å². The summed E-state index contributed by atoms with van der Waals surface area (Å²) in [5, 5.41) is 1.11. The molecular weight excluding hydrogens is 529 g/mol. The monoisotopic (exact) mass is 557 g/mol. The first-order valence-electron chi connectivity index (χ1n) is 14.3. The van der Waals surface area contributed by atoms with Crippen molar-refractivity contribution < 1.29 is 0 Å². The highest BCUT2D eigenvalue weighted by Gasteiger charge is 2.56. The predicted molar refractivity (Wildman–Crippen MR) is 168 cm³/mol. The largest absolute Gasteiger partial charge is 0.309 e. The first-order valence-corrected chi connectivity index (χ1v) is 15.0. The molecule has 196 valence electrons. The quantitative estimate of drug-likeness (QED) is 0.212. The maximum atomic E-state index is 6.88. The Morgan fingerprint density at radius 2 is 1.35 bits per heavy atom. The highest BCUT2D eigenvalue weighted by molar-refractivity contribution is 6.44. The molecule has 3 heteroatoms. The number of halogens is 2. The average molecular weight is 559 g/mol. The van der Waals surface area contributed by atoms with Crippen LogP contribution in [0, 0.1) is 11.8 Å². The van der Waals surface area contributed by atoms with Crippen molar-refractivity contribution in [3.63, 3.8) is 0 Å². The van der Waals surface area contributed by atoms with Crippen LogP contribution in [0.1, 0.15) is 36.8 Å². The van der Waals surface area contributed by atoms with E-state index in [0.29, 0.717) is 10.0 Å². The standard InChI is InChI=1S/C37H29Cl2N/c38-34-11-6-12-35(36(34)39)40(28-17-14-26(15-18-28)25-7-2-1-3-8-25)29-19-20-33-31(22-29)30-9-4-5-10-32(30)37(33)23-24-13-16-27(37)21-24/h1-12,14-15,17-20,22,24,27H,13,16,21,23H2. The van der Waals surface area contributed by atoms with Crippen LogP contribution in [0.5, 0.6) is 0 Å². The predicted octanol–water partition coefficient (Wildman–Crippen LogP) is 11.2. The Bertz CT molecular complexity index is 1740. The molecular formula is C37H29Cl2N. The molecule has 8 rings (SSSR count). The highest BCUT2D eigenvalue weighted by atomic mass is 35.5. The molecule has 1 nitrogen and oxygen atoms in total. The molecule has 3 aliphatic rings. The minimum Gasteiger partial charge on any atom is -0.309 e. The molecule has 1 spiro atoms. The SMILES string of the molecule is Clc1cccc(N(c2ccc(-c3ccccc3)cc2)c2ccc3c(c2)-c2ccccc2C32CC3CCC2C3)c1Cl. The van der Waals surface area contributed by atoms with Crippen molar-refractivity contribution in [2.24, 2.45) is 11.8 Å². The first kappa shape index (κ1) is 24.3. The van der Waals surface area contributed by atoms with Crippen molar-refractivity contribution in [3.8, 4) is 22.3 Å². The lowest BCUT2D eigenvalue weighted by Gasteiger charge is -2.36. The lowest BCUT2D eigenvalue weighted by molar-refractivity contribution is 0.327. The van der Waals surface area contributed by atoms with Gasteiger partial charge in [0.1, 0.15) is 0 Å². The summed E-state index contributed by atoms with van der Waals surface area (Å²) in [7, 11) is 0. The third-order valence-corrected chi connectivity index (χ3v) is 10.5. The number of fused-ring (bicyclic) bond motifs is 8. The lowest BCUT2D eigenvalue weighted by atomic mass is 9.67. The zero-order chi connectivity index (χ0) is 26.8. The maximum Gasteiger partial charge on any atom is 0.0832 e. The Morgan fingerprint density at radius 1 is 0.625 bits per heavy atom. The number of rotatable bonds is 4. The summed E-state index contributed by atoms with van der Waals surface area (Å²) in [6, 6.07) is 41.3. The topological polar surface area (TPSA) is 3.24 Å². The van der Waals surface area contributed by atoms with Crippen LogP contribution < -0.4 is 4.90 Å². The van der Waals surface area contributed by atoms with Crippen molar-refractivity contribution >= 4 is 40.3 Å². The van der Waals surface area contributed by atoms with Gasteiger partial charge >= 0.3 is 0 Å². The number of benzene rings is 5. The van der Waals surface area contributed by atoms with Crippen LogP contribution in [0.25, 0.3) is 22.3 Å². The molecule has 2 bridgehead atoms. The van der Waals surface area contributed by atoms with Gasteiger partial charge in [-0.2, -0.15) is 0 Å². The van der Waals surface area contributed by atoms with E-state index in [9.17, 15) is 0 Å². The van der Waals surface area contributed by atoms with Crippen LogP contribution in [0.3, 0.4) is 0 Å². The van der Waals surface area contributed by atoms with Crippen LogP contribution >= 0.6 is 23.2 Å². The maximum absolute atomic E-state index is 6.88. The van der Waals surface area contributed by atoms with Crippen LogP contribution in [-0.4, -0.2) is 0 Å². The van der Waals surface area contributed by atoms with Gasteiger partial charge in [-0.25, -0.2) is 0 Å². The second-order valence-corrected chi connectivity index (χ2v) is 12.4. The van der Waals surface area contributed by atoms with E-state index in [1.54, 1.807) is 0 Å². The fourth-order valence-corrected chi connectivity index (χ4v) is 8.43. The van der Waals surface area contributed by atoms with Gasteiger partial charge in [0.15, 0.2) is 0 Å². The van der Waals surface area contributed by atoms with Gasteiger partial charge in [-0.05, 0) is 101 Å². The Labute approximate surface area is 246 Å². The number of hydrogen-bond acceptors (Lipinski definition) is 1. The van der Waals surface area contributed by atoms with E-state index >= 15 is 0 Å². The third-order valence-electron chi connectivity index (χ3n) is 9.69. The number of hydrogen-bond donors (Lipinski definition) is 0. The van der Waals surface area contributed by atoms with Gasteiger partial charge in [0.05, 0.1) is 15.7 Å². The van der Waals surface area contributed by atoms with Gasteiger partial charge < -0.3 is 4.90 Å². The highest BCUT2D eigenvalue weighted by Crippen LogP contribution is 2.66. The minimum atomic E-state index is 0.170. The molecule has 0 aliphatic heterocycles. The lowest BCUT2D eigenvalue weighted by Crippen LogP contribution is -2.31. The summed E-state index contributed by atoms with van der Waals surface area (Å²) in [6.07, 6.45) is 5.39. The Balaban J connectivity index is 1.29. The summed E-state index contributed by atoms with van der Waals surface area (Å²) < 4.78 is 0. The normalized spacial score (nSPS) is 21.9. The average Bonchev–Trinajstić information content (AvgIpc) is 3.69. The van der Waals surface area contributed by atoms with Gasteiger partial charge in [0.2, 0.25) is 0 Å². The van der Waals surface area contributed by atoms with E-state index in [4.69, 9.17) is 23.2 Å². The molecule has 2 fully saturated rings. The molecule has 0 aromatic heterocycles. The van der Waals surface area contributed by atoms with Crippen LogP contribution in [0.2, 0.25) is 10.0 Å². The molecule has 0 N–H and O–H groups in total. The zero-order valence-electron chi connectivity index (χ0n) is 22.2. The summed E-state index contributed by atoms with van der Waals surface area (Å²) >= 11 is 13.4. The molecule has 40 heavy (non-hydrogen) atoms. The Kier molecular flexibility index (Phi) is 5.63. The van der Waals surface area contributed by atoms with E-state index in [1.807, 2.05) is 18.2 Å².